The van der Waals surface area contributed by atoms with Crippen molar-refractivity contribution in [2.75, 3.05) is 14.2 Å². The first-order chi connectivity index (χ1) is 10.0. The van der Waals surface area contributed by atoms with E-state index in [1.165, 1.54) is 26.5 Å². The van der Waals surface area contributed by atoms with Crippen LogP contribution in [-0.2, 0) is 0 Å². The van der Waals surface area contributed by atoms with Crippen molar-refractivity contribution in [1.82, 2.24) is 0 Å². The largest absolute Gasteiger partial charge is 0.507 e. The smallest absolute Gasteiger partial charge is 0.148 e. The van der Waals surface area contributed by atoms with Gasteiger partial charge in [0.05, 0.1) is 19.2 Å². The van der Waals surface area contributed by atoms with Crippen LogP contribution in [0.25, 0.3) is 0 Å². The molecule has 2 aromatic carbocycles. The number of aromatic hydroxyl groups is 1. The Morgan fingerprint density at radius 1 is 1.05 bits per heavy atom. The quantitative estimate of drug-likeness (QED) is 0.844. The summed E-state index contributed by atoms with van der Waals surface area (Å²) in [5.74, 6) is 1.09. The summed E-state index contributed by atoms with van der Waals surface area (Å²) in [6, 6.07) is 7.98. The predicted molar refractivity (Wildman–Crippen MR) is 84.9 cm³/mol. The Morgan fingerprint density at radius 3 is 2.43 bits per heavy atom. The normalized spacial score (nSPS) is 10.9. The number of aliphatic imine (C=N–C) groups is 1. The van der Waals surface area contributed by atoms with Gasteiger partial charge >= 0.3 is 0 Å². The van der Waals surface area contributed by atoms with E-state index in [1.807, 2.05) is 0 Å². The molecule has 6 heteroatoms. The molecule has 0 saturated carbocycles. The summed E-state index contributed by atoms with van der Waals surface area (Å²) >= 11 is 12.0. The van der Waals surface area contributed by atoms with Crippen molar-refractivity contribution in [1.29, 1.82) is 0 Å². The van der Waals surface area contributed by atoms with Gasteiger partial charge in [-0.3, -0.25) is 4.99 Å². The average Bonchev–Trinajstić information content (AvgIpc) is 2.48. The zero-order chi connectivity index (χ0) is 15.4. The third kappa shape index (κ3) is 3.60. The minimum Gasteiger partial charge on any atom is -0.507 e. The lowest BCUT2D eigenvalue weighted by Crippen LogP contribution is -1.89. The van der Waals surface area contributed by atoms with Gasteiger partial charge < -0.3 is 14.6 Å². The van der Waals surface area contributed by atoms with Crippen molar-refractivity contribution in [3.63, 3.8) is 0 Å². The Hall–Kier alpha value is -1.91. The number of ether oxygens (including phenoxy) is 2. The Morgan fingerprint density at radius 2 is 1.76 bits per heavy atom. The number of nitrogens with zero attached hydrogens (tertiary/aromatic N) is 1. The summed E-state index contributed by atoms with van der Waals surface area (Å²) < 4.78 is 10.4. The maximum Gasteiger partial charge on any atom is 0.148 e. The number of methoxy groups -OCH3 is 2. The highest BCUT2D eigenvalue weighted by Crippen LogP contribution is 2.37. The van der Waals surface area contributed by atoms with Crippen LogP contribution < -0.4 is 9.47 Å². The van der Waals surface area contributed by atoms with E-state index in [0.717, 1.165) is 0 Å². The minimum atomic E-state index is 0.0849. The fourth-order valence-electron chi connectivity index (χ4n) is 1.71. The van der Waals surface area contributed by atoms with Crippen LogP contribution in [0.4, 0.5) is 5.69 Å². The lowest BCUT2D eigenvalue weighted by atomic mass is 10.2. The summed E-state index contributed by atoms with van der Waals surface area (Å²) in [4.78, 5) is 4.28. The van der Waals surface area contributed by atoms with Gasteiger partial charge in [0.1, 0.15) is 22.9 Å². The average molecular weight is 326 g/mol. The molecule has 0 bridgehead atoms. The first-order valence-corrected chi connectivity index (χ1v) is 6.75. The van der Waals surface area contributed by atoms with E-state index >= 15 is 0 Å². The molecule has 0 spiro atoms. The number of halogens is 2. The molecule has 110 valence electrons. The fraction of sp³-hybridized carbons (Fsp3) is 0.133. The maximum atomic E-state index is 9.75. The van der Waals surface area contributed by atoms with Gasteiger partial charge in [-0.25, -0.2) is 0 Å². The molecule has 0 aliphatic carbocycles. The summed E-state index contributed by atoms with van der Waals surface area (Å²) in [6.45, 7) is 0. The molecule has 0 saturated heterocycles. The van der Waals surface area contributed by atoms with Crippen molar-refractivity contribution < 1.29 is 14.6 Å². The number of rotatable bonds is 4. The lowest BCUT2D eigenvalue weighted by Gasteiger charge is -2.09. The van der Waals surface area contributed by atoms with Crippen LogP contribution in [-0.4, -0.2) is 25.5 Å². The number of hydrogen-bond acceptors (Lipinski definition) is 4. The molecule has 0 radical (unpaired) electrons. The SMILES string of the molecule is COc1cc(OC)c(N=Cc2cc(Cl)ccc2O)cc1Cl. The molecule has 0 aliphatic rings. The van der Waals surface area contributed by atoms with Gasteiger partial charge in [-0.2, -0.15) is 0 Å². The van der Waals surface area contributed by atoms with Crippen molar-refractivity contribution in [3.8, 4) is 17.2 Å². The van der Waals surface area contributed by atoms with E-state index < -0.39 is 0 Å². The van der Waals surface area contributed by atoms with E-state index in [9.17, 15) is 5.11 Å². The second kappa shape index (κ2) is 6.70. The van der Waals surface area contributed by atoms with E-state index in [2.05, 4.69) is 4.99 Å². The molecule has 0 unspecified atom stereocenters. The van der Waals surface area contributed by atoms with E-state index in [1.54, 1.807) is 24.3 Å². The molecule has 0 amide bonds. The van der Waals surface area contributed by atoms with Crippen LogP contribution in [0.5, 0.6) is 17.2 Å². The van der Waals surface area contributed by atoms with Crippen LogP contribution in [0.1, 0.15) is 5.56 Å². The Labute approximate surface area is 132 Å². The second-order valence-electron chi connectivity index (χ2n) is 4.12. The van der Waals surface area contributed by atoms with Crippen molar-refractivity contribution in [2.24, 2.45) is 4.99 Å². The minimum absolute atomic E-state index is 0.0849. The second-order valence-corrected chi connectivity index (χ2v) is 4.96. The van der Waals surface area contributed by atoms with Crippen molar-refractivity contribution >= 4 is 35.1 Å². The number of phenols is 1. The molecule has 0 aromatic heterocycles. The van der Waals surface area contributed by atoms with E-state index in [0.29, 0.717) is 32.8 Å². The maximum absolute atomic E-state index is 9.75. The highest BCUT2D eigenvalue weighted by atomic mass is 35.5. The molecule has 0 aliphatic heterocycles. The van der Waals surface area contributed by atoms with Crippen molar-refractivity contribution in [3.05, 3.63) is 45.9 Å². The van der Waals surface area contributed by atoms with Crippen LogP contribution >= 0.6 is 23.2 Å². The van der Waals surface area contributed by atoms with E-state index in [-0.39, 0.29) is 5.75 Å². The highest BCUT2D eigenvalue weighted by Gasteiger charge is 2.09. The Bertz CT molecular complexity index is 687. The molecule has 2 aromatic rings. The molecular formula is C15H13Cl2NO3. The molecule has 2 rings (SSSR count). The van der Waals surface area contributed by atoms with Gasteiger partial charge in [-0.1, -0.05) is 23.2 Å². The van der Waals surface area contributed by atoms with Gasteiger partial charge in [0.25, 0.3) is 0 Å². The van der Waals surface area contributed by atoms with Gasteiger partial charge in [0, 0.05) is 22.9 Å². The van der Waals surface area contributed by atoms with Crippen LogP contribution in [0, 0.1) is 0 Å². The Kier molecular flexibility index (Phi) is 4.94. The topological polar surface area (TPSA) is 51.0 Å². The zero-order valence-corrected chi connectivity index (χ0v) is 12.9. The first kappa shape index (κ1) is 15.5. The summed E-state index contributed by atoms with van der Waals surface area (Å²) in [5, 5.41) is 10.7. The number of benzene rings is 2. The third-order valence-corrected chi connectivity index (χ3v) is 3.32. The standard InChI is InChI=1S/C15H13Cl2NO3/c1-20-14-7-15(21-2)12(6-11(14)17)18-8-9-5-10(16)3-4-13(9)19/h3-8,19H,1-2H3. The van der Waals surface area contributed by atoms with Gasteiger partial charge in [0.15, 0.2) is 0 Å². The predicted octanol–water partition coefficient (Wildman–Crippen LogP) is 4.47. The molecule has 21 heavy (non-hydrogen) atoms. The molecule has 1 N–H and O–H groups in total. The number of phenolic OH excluding ortho intramolecular Hbond substituents is 1. The summed E-state index contributed by atoms with van der Waals surface area (Å²) in [6.07, 6.45) is 1.49. The molecule has 0 atom stereocenters. The van der Waals surface area contributed by atoms with Crippen molar-refractivity contribution in [2.45, 2.75) is 0 Å². The van der Waals surface area contributed by atoms with Gasteiger partial charge in [0.2, 0.25) is 0 Å². The van der Waals surface area contributed by atoms with Crippen LogP contribution in [0.3, 0.4) is 0 Å². The first-order valence-electron chi connectivity index (χ1n) is 5.99. The zero-order valence-electron chi connectivity index (χ0n) is 11.4. The third-order valence-electron chi connectivity index (χ3n) is 2.79. The lowest BCUT2D eigenvalue weighted by molar-refractivity contribution is 0.395. The highest BCUT2D eigenvalue weighted by molar-refractivity contribution is 6.32. The summed E-state index contributed by atoms with van der Waals surface area (Å²) in [7, 11) is 3.05. The fourth-order valence-corrected chi connectivity index (χ4v) is 2.13. The van der Waals surface area contributed by atoms with Crippen LogP contribution in [0.2, 0.25) is 10.0 Å². The van der Waals surface area contributed by atoms with Crippen LogP contribution in [0.15, 0.2) is 35.3 Å². The monoisotopic (exact) mass is 325 g/mol. The molecule has 0 fully saturated rings. The Balaban J connectivity index is 2.40. The van der Waals surface area contributed by atoms with Gasteiger partial charge in [-0.15, -0.1) is 0 Å². The molecule has 4 nitrogen and oxygen atoms in total. The molecule has 0 heterocycles. The van der Waals surface area contributed by atoms with E-state index in [4.69, 9.17) is 32.7 Å². The number of hydrogen-bond donors (Lipinski definition) is 1. The summed E-state index contributed by atoms with van der Waals surface area (Å²) in [5.41, 5.74) is 1.01. The van der Waals surface area contributed by atoms with Gasteiger partial charge in [-0.05, 0) is 24.3 Å². The molecular weight excluding hydrogens is 313 g/mol.